The largest absolute Gasteiger partial charge is 0.468 e. The van der Waals surface area contributed by atoms with Crippen LogP contribution >= 0.6 is 23.4 Å². The second kappa shape index (κ2) is 6.39. The first-order valence-electron chi connectivity index (χ1n) is 4.35. The number of benzene rings is 1. The number of rotatable bonds is 4. The molecular weight excluding hydrogens is 269 g/mol. The predicted molar refractivity (Wildman–Crippen MR) is 61.9 cm³/mol. The first-order valence-corrected chi connectivity index (χ1v) is 5.71. The van der Waals surface area contributed by atoms with Gasteiger partial charge in [0.15, 0.2) is 5.82 Å². The summed E-state index contributed by atoms with van der Waals surface area (Å²) in [5.74, 6) is -1.12. The minimum atomic E-state index is -0.722. The van der Waals surface area contributed by atoms with E-state index in [0.29, 0.717) is 4.90 Å². The van der Waals surface area contributed by atoms with E-state index in [1.807, 2.05) is 0 Å². The third-order valence-electron chi connectivity index (χ3n) is 1.74. The molecule has 1 aromatic carbocycles. The lowest BCUT2D eigenvalue weighted by Crippen LogP contribution is -2.02. The molecule has 1 rings (SSSR count). The molecule has 0 heterocycles. The monoisotopic (exact) mass is 275 g/mol. The molecule has 0 N–H and O–H groups in total. The van der Waals surface area contributed by atoms with E-state index < -0.39 is 11.8 Å². The fourth-order valence-electron chi connectivity index (χ4n) is 0.959. The van der Waals surface area contributed by atoms with Gasteiger partial charge in [0.2, 0.25) is 6.08 Å². The van der Waals surface area contributed by atoms with Crippen LogP contribution in [-0.4, -0.2) is 24.9 Å². The van der Waals surface area contributed by atoms with Gasteiger partial charge in [-0.1, -0.05) is 11.6 Å². The Kier molecular flexibility index (Phi) is 5.15. The minimum absolute atomic E-state index is 0.0338. The van der Waals surface area contributed by atoms with Crippen LogP contribution in [0.4, 0.5) is 10.1 Å². The molecular formula is C10H7ClFNO3S. The molecule has 0 spiro atoms. The quantitative estimate of drug-likeness (QED) is 0.367. The molecule has 0 unspecified atom stereocenters. The number of isocyanates is 1. The van der Waals surface area contributed by atoms with E-state index in [1.54, 1.807) is 0 Å². The summed E-state index contributed by atoms with van der Waals surface area (Å²) in [5, 5.41) is 0.140. The molecule has 0 aromatic heterocycles. The van der Waals surface area contributed by atoms with Gasteiger partial charge in [-0.05, 0) is 12.1 Å². The maximum Gasteiger partial charge on any atom is 0.315 e. The van der Waals surface area contributed by atoms with Crippen LogP contribution in [0.5, 0.6) is 0 Å². The zero-order chi connectivity index (χ0) is 12.8. The lowest BCUT2D eigenvalue weighted by Gasteiger charge is -2.04. The Morgan fingerprint density at radius 3 is 2.94 bits per heavy atom. The Hall–Kier alpha value is -1.36. The second-order valence-electron chi connectivity index (χ2n) is 2.80. The number of carbonyl (C=O) groups excluding carboxylic acids is 2. The summed E-state index contributed by atoms with van der Waals surface area (Å²) in [6.45, 7) is 0. The molecule has 0 amide bonds. The van der Waals surface area contributed by atoms with Crippen LogP contribution < -0.4 is 0 Å². The fraction of sp³-hybridized carbons (Fsp3) is 0.200. The molecule has 0 bridgehead atoms. The minimum Gasteiger partial charge on any atom is -0.468 e. The molecule has 0 aliphatic heterocycles. The van der Waals surface area contributed by atoms with Gasteiger partial charge in [-0.15, -0.1) is 11.8 Å². The molecule has 0 aliphatic carbocycles. The average molecular weight is 276 g/mol. The van der Waals surface area contributed by atoms with Gasteiger partial charge in [0.1, 0.15) is 5.69 Å². The van der Waals surface area contributed by atoms with Crippen LogP contribution in [0.25, 0.3) is 0 Å². The van der Waals surface area contributed by atoms with E-state index in [-0.39, 0.29) is 16.5 Å². The Labute approximate surface area is 106 Å². The lowest BCUT2D eigenvalue weighted by atomic mass is 10.3. The number of esters is 1. The van der Waals surface area contributed by atoms with Crippen molar-refractivity contribution in [3.8, 4) is 0 Å². The number of halogens is 2. The third kappa shape index (κ3) is 3.85. The molecule has 0 aliphatic rings. The number of nitrogens with zero attached hydrogens (tertiary/aromatic N) is 1. The number of aliphatic imine (C=N–C) groups is 1. The molecule has 0 saturated heterocycles. The zero-order valence-electron chi connectivity index (χ0n) is 8.70. The molecule has 17 heavy (non-hydrogen) atoms. The Morgan fingerprint density at radius 1 is 1.65 bits per heavy atom. The predicted octanol–water partition coefficient (Wildman–Crippen LogP) is 2.71. The van der Waals surface area contributed by atoms with Gasteiger partial charge in [-0.3, -0.25) is 4.79 Å². The van der Waals surface area contributed by atoms with Crippen LogP contribution in [0.2, 0.25) is 5.02 Å². The van der Waals surface area contributed by atoms with Crippen molar-refractivity contribution in [1.29, 1.82) is 0 Å². The van der Waals surface area contributed by atoms with Gasteiger partial charge >= 0.3 is 5.97 Å². The molecule has 0 atom stereocenters. The first kappa shape index (κ1) is 13.7. The average Bonchev–Trinajstić information content (AvgIpc) is 2.30. The number of hydrogen-bond acceptors (Lipinski definition) is 5. The molecule has 0 saturated carbocycles. The summed E-state index contributed by atoms with van der Waals surface area (Å²) >= 11 is 6.84. The van der Waals surface area contributed by atoms with Crippen LogP contribution in [0.3, 0.4) is 0 Å². The highest BCUT2D eigenvalue weighted by molar-refractivity contribution is 8.00. The molecule has 7 heteroatoms. The Bertz CT molecular complexity index is 489. The van der Waals surface area contributed by atoms with Crippen LogP contribution in [0.1, 0.15) is 0 Å². The highest BCUT2D eigenvalue weighted by Gasteiger charge is 2.10. The third-order valence-corrected chi connectivity index (χ3v) is 3.19. The van der Waals surface area contributed by atoms with Gasteiger partial charge < -0.3 is 4.74 Å². The van der Waals surface area contributed by atoms with Gasteiger partial charge in [-0.2, -0.15) is 4.99 Å². The molecule has 0 fully saturated rings. The van der Waals surface area contributed by atoms with Crippen molar-refractivity contribution in [3.63, 3.8) is 0 Å². The normalized spacial score (nSPS) is 9.59. The van der Waals surface area contributed by atoms with E-state index in [9.17, 15) is 14.0 Å². The maximum absolute atomic E-state index is 13.2. The Balaban J connectivity index is 2.95. The van der Waals surface area contributed by atoms with Gasteiger partial charge in [-0.25, -0.2) is 9.18 Å². The Morgan fingerprint density at radius 2 is 2.35 bits per heavy atom. The smallest absolute Gasteiger partial charge is 0.315 e. The second-order valence-corrected chi connectivity index (χ2v) is 4.23. The SMILES string of the molecule is COC(=O)CSc1cc(N=C=O)c(F)cc1Cl. The summed E-state index contributed by atoms with van der Waals surface area (Å²) in [5.41, 5.74) is -0.170. The van der Waals surface area contributed by atoms with Crippen molar-refractivity contribution in [1.82, 2.24) is 0 Å². The highest BCUT2D eigenvalue weighted by atomic mass is 35.5. The molecule has 90 valence electrons. The van der Waals surface area contributed by atoms with E-state index >= 15 is 0 Å². The van der Waals surface area contributed by atoms with E-state index in [2.05, 4.69) is 9.73 Å². The van der Waals surface area contributed by atoms with Crippen molar-refractivity contribution >= 4 is 41.1 Å². The van der Waals surface area contributed by atoms with Crippen LogP contribution in [-0.2, 0) is 14.3 Å². The zero-order valence-corrected chi connectivity index (χ0v) is 10.3. The van der Waals surface area contributed by atoms with Crippen molar-refractivity contribution in [2.24, 2.45) is 4.99 Å². The standard InChI is InChI=1S/C10H7ClFNO3S/c1-16-10(15)4-17-9-3-8(13-5-14)7(12)2-6(9)11/h2-3H,4H2,1H3. The topological polar surface area (TPSA) is 55.7 Å². The van der Waals surface area contributed by atoms with Gasteiger partial charge in [0.05, 0.1) is 17.9 Å². The number of carbonyl (C=O) groups is 1. The first-order chi connectivity index (χ1) is 8.08. The maximum atomic E-state index is 13.2. The summed E-state index contributed by atoms with van der Waals surface area (Å²) in [6, 6.07) is 2.30. The van der Waals surface area contributed by atoms with E-state index in [1.165, 1.54) is 19.3 Å². The molecule has 0 radical (unpaired) electrons. The van der Waals surface area contributed by atoms with Crippen molar-refractivity contribution in [2.75, 3.05) is 12.9 Å². The number of methoxy groups -OCH3 is 1. The highest BCUT2D eigenvalue weighted by Crippen LogP contribution is 2.33. The summed E-state index contributed by atoms with van der Waals surface area (Å²) < 4.78 is 17.7. The summed E-state index contributed by atoms with van der Waals surface area (Å²) in [7, 11) is 1.26. The van der Waals surface area contributed by atoms with Crippen molar-refractivity contribution in [3.05, 3.63) is 23.0 Å². The van der Waals surface area contributed by atoms with E-state index in [0.717, 1.165) is 17.8 Å². The number of thioether (sulfide) groups is 1. The number of hydrogen-bond donors (Lipinski definition) is 0. The van der Waals surface area contributed by atoms with Crippen molar-refractivity contribution in [2.45, 2.75) is 4.90 Å². The number of ether oxygens (including phenoxy) is 1. The van der Waals surface area contributed by atoms with Gasteiger partial charge in [0, 0.05) is 4.90 Å². The van der Waals surface area contributed by atoms with Crippen LogP contribution in [0, 0.1) is 5.82 Å². The van der Waals surface area contributed by atoms with Crippen molar-refractivity contribution < 1.29 is 18.7 Å². The lowest BCUT2D eigenvalue weighted by molar-refractivity contribution is -0.137. The van der Waals surface area contributed by atoms with Crippen LogP contribution in [0.15, 0.2) is 22.0 Å². The summed E-state index contributed by atoms with van der Waals surface area (Å²) in [4.78, 5) is 24.6. The summed E-state index contributed by atoms with van der Waals surface area (Å²) in [6.07, 6.45) is 1.24. The molecule has 1 aromatic rings. The molecule has 4 nitrogen and oxygen atoms in total. The van der Waals surface area contributed by atoms with E-state index in [4.69, 9.17) is 11.6 Å². The van der Waals surface area contributed by atoms with Gasteiger partial charge in [0.25, 0.3) is 0 Å². The fourth-order valence-corrected chi connectivity index (χ4v) is 2.06.